The van der Waals surface area contributed by atoms with Crippen molar-refractivity contribution in [3.05, 3.63) is 12.7 Å². The highest BCUT2D eigenvalue weighted by atomic mass is 16.6. The molecule has 6 heteroatoms. The Morgan fingerprint density at radius 1 is 1.03 bits per heavy atom. The Morgan fingerprint density at radius 2 is 1.63 bits per heavy atom. The number of aliphatic hydroxyl groups excluding tert-OH is 1. The van der Waals surface area contributed by atoms with Crippen molar-refractivity contribution >= 4 is 11.9 Å². The van der Waals surface area contributed by atoms with E-state index in [0.29, 0.717) is 0 Å². The lowest BCUT2D eigenvalue weighted by molar-refractivity contribution is -0.327. The van der Waals surface area contributed by atoms with Gasteiger partial charge in [-0.1, -0.05) is 26.8 Å². The third kappa shape index (κ3) is 3.40. The van der Waals surface area contributed by atoms with Crippen LogP contribution in [0.2, 0.25) is 0 Å². The summed E-state index contributed by atoms with van der Waals surface area (Å²) in [6.07, 6.45) is 2.98. The number of carbonyl (C=O) groups excluding carboxylic acids is 2. The maximum absolute atomic E-state index is 12.1. The van der Waals surface area contributed by atoms with E-state index in [1.807, 2.05) is 13.8 Å². The van der Waals surface area contributed by atoms with E-state index < -0.39 is 34.8 Å². The number of fused-ring (bicyclic) bond motifs is 3. The molecule has 8 atom stereocenters. The molecule has 1 aliphatic heterocycles. The van der Waals surface area contributed by atoms with Crippen LogP contribution in [-0.4, -0.2) is 46.6 Å². The second-order valence-electron chi connectivity index (χ2n) is 10.9. The molecular formula is C24H38O6. The SMILES string of the molecule is C=C[C@@]1(C)CC[C@@H]2[C@@]3(C)CC[C@H](OC(C)=O)C(C)(C)[C@H]3[C@@H](OC(C)=O)[C@H](O)[C@@]2(C)O1. The van der Waals surface area contributed by atoms with E-state index in [9.17, 15) is 14.7 Å². The summed E-state index contributed by atoms with van der Waals surface area (Å²) in [6, 6.07) is 0. The molecule has 3 aliphatic rings. The Hall–Kier alpha value is -1.40. The molecule has 1 saturated heterocycles. The summed E-state index contributed by atoms with van der Waals surface area (Å²) in [5.74, 6) is -0.861. The molecule has 2 aliphatic carbocycles. The predicted octanol–water partition coefficient (Wildman–Crippen LogP) is 3.80. The van der Waals surface area contributed by atoms with E-state index in [1.54, 1.807) is 6.08 Å². The van der Waals surface area contributed by atoms with Gasteiger partial charge in [0, 0.05) is 25.2 Å². The van der Waals surface area contributed by atoms with Gasteiger partial charge in [0.2, 0.25) is 0 Å². The van der Waals surface area contributed by atoms with Crippen molar-refractivity contribution in [3.8, 4) is 0 Å². The smallest absolute Gasteiger partial charge is 0.303 e. The Labute approximate surface area is 180 Å². The molecule has 0 aromatic heterocycles. The first-order chi connectivity index (χ1) is 13.7. The third-order valence-electron chi connectivity index (χ3n) is 8.43. The van der Waals surface area contributed by atoms with E-state index in [2.05, 4.69) is 27.4 Å². The van der Waals surface area contributed by atoms with Crippen LogP contribution in [-0.2, 0) is 23.8 Å². The van der Waals surface area contributed by atoms with Gasteiger partial charge in [0.1, 0.15) is 18.3 Å². The van der Waals surface area contributed by atoms with Crippen molar-refractivity contribution in [2.75, 3.05) is 0 Å². The highest BCUT2D eigenvalue weighted by molar-refractivity contribution is 5.67. The van der Waals surface area contributed by atoms with Gasteiger partial charge >= 0.3 is 11.9 Å². The van der Waals surface area contributed by atoms with Gasteiger partial charge in [-0.15, -0.1) is 6.58 Å². The van der Waals surface area contributed by atoms with E-state index >= 15 is 0 Å². The molecule has 1 N–H and O–H groups in total. The molecule has 6 nitrogen and oxygen atoms in total. The minimum atomic E-state index is -1.00. The first-order valence-electron chi connectivity index (χ1n) is 11.1. The highest BCUT2D eigenvalue weighted by Gasteiger charge is 2.70. The Balaban J connectivity index is 2.12. The summed E-state index contributed by atoms with van der Waals surface area (Å²) in [4.78, 5) is 23.8. The van der Waals surface area contributed by atoms with Crippen LogP contribution in [0.25, 0.3) is 0 Å². The van der Waals surface area contributed by atoms with Crippen LogP contribution in [0, 0.1) is 22.7 Å². The number of ether oxygens (including phenoxy) is 3. The fraction of sp³-hybridized carbons (Fsp3) is 0.833. The van der Waals surface area contributed by atoms with Crippen molar-refractivity contribution in [2.45, 2.75) is 104 Å². The van der Waals surface area contributed by atoms with Crippen molar-refractivity contribution in [1.82, 2.24) is 0 Å². The average molecular weight is 423 g/mol. The molecule has 30 heavy (non-hydrogen) atoms. The number of carbonyl (C=O) groups is 2. The van der Waals surface area contributed by atoms with Crippen molar-refractivity contribution in [2.24, 2.45) is 22.7 Å². The lowest BCUT2D eigenvalue weighted by Gasteiger charge is -2.68. The van der Waals surface area contributed by atoms with Gasteiger partial charge < -0.3 is 19.3 Å². The van der Waals surface area contributed by atoms with Crippen LogP contribution < -0.4 is 0 Å². The van der Waals surface area contributed by atoms with Crippen molar-refractivity contribution in [3.63, 3.8) is 0 Å². The van der Waals surface area contributed by atoms with Crippen LogP contribution >= 0.6 is 0 Å². The lowest BCUT2D eigenvalue weighted by Crippen LogP contribution is -2.74. The van der Waals surface area contributed by atoms with E-state index in [0.717, 1.165) is 25.7 Å². The van der Waals surface area contributed by atoms with E-state index in [4.69, 9.17) is 14.2 Å². The first-order valence-corrected chi connectivity index (χ1v) is 11.1. The van der Waals surface area contributed by atoms with E-state index in [1.165, 1.54) is 13.8 Å². The summed E-state index contributed by atoms with van der Waals surface area (Å²) in [5.41, 5.74) is -2.16. The number of hydrogen-bond acceptors (Lipinski definition) is 6. The van der Waals surface area contributed by atoms with Crippen molar-refractivity contribution in [1.29, 1.82) is 0 Å². The number of esters is 2. The summed E-state index contributed by atoms with van der Waals surface area (Å²) in [6.45, 7) is 17.0. The second kappa shape index (κ2) is 7.33. The van der Waals surface area contributed by atoms with Crippen LogP contribution in [0.5, 0.6) is 0 Å². The summed E-state index contributed by atoms with van der Waals surface area (Å²) >= 11 is 0. The topological polar surface area (TPSA) is 82.1 Å². The lowest BCUT2D eigenvalue weighted by atomic mass is 9.42. The molecule has 3 fully saturated rings. The largest absolute Gasteiger partial charge is 0.462 e. The molecule has 2 saturated carbocycles. The van der Waals surface area contributed by atoms with Gasteiger partial charge in [-0.25, -0.2) is 0 Å². The van der Waals surface area contributed by atoms with Gasteiger partial charge in [-0.05, 0) is 50.9 Å². The quantitative estimate of drug-likeness (QED) is 0.550. The monoisotopic (exact) mass is 422 g/mol. The molecule has 0 aromatic carbocycles. The average Bonchev–Trinajstić information content (AvgIpc) is 2.61. The van der Waals surface area contributed by atoms with Gasteiger partial charge in [0.15, 0.2) is 0 Å². The molecule has 0 aromatic rings. The zero-order valence-electron chi connectivity index (χ0n) is 19.5. The Morgan fingerprint density at radius 3 is 2.17 bits per heavy atom. The minimum absolute atomic E-state index is 0.0717. The zero-order chi connectivity index (χ0) is 22.7. The van der Waals surface area contributed by atoms with Gasteiger partial charge in [0.05, 0.1) is 11.2 Å². The molecule has 0 radical (unpaired) electrons. The molecule has 0 unspecified atom stereocenters. The van der Waals surface area contributed by atoms with Crippen molar-refractivity contribution < 1.29 is 28.9 Å². The Kier molecular flexibility index (Phi) is 5.69. The first kappa shape index (κ1) is 23.3. The molecule has 3 rings (SSSR count). The van der Waals surface area contributed by atoms with Crippen LogP contribution in [0.15, 0.2) is 12.7 Å². The molecule has 0 spiro atoms. The summed E-state index contributed by atoms with van der Waals surface area (Å²) in [5, 5.41) is 11.6. The maximum Gasteiger partial charge on any atom is 0.303 e. The van der Waals surface area contributed by atoms with Crippen LogP contribution in [0.1, 0.15) is 74.1 Å². The number of aliphatic hydroxyl groups is 1. The fourth-order valence-corrected chi connectivity index (χ4v) is 7.19. The number of hydrogen-bond donors (Lipinski definition) is 1. The van der Waals surface area contributed by atoms with Gasteiger partial charge in [-0.3, -0.25) is 9.59 Å². The summed E-state index contributed by atoms with van der Waals surface area (Å²) in [7, 11) is 0. The van der Waals surface area contributed by atoms with E-state index in [-0.39, 0.29) is 29.3 Å². The maximum atomic E-state index is 12.1. The molecular weight excluding hydrogens is 384 g/mol. The third-order valence-corrected chi connectivity index (χ3v) is 8.43. The normalized spacial score (nSPS) is 47.4. The standard InChI is InChI=1S/C24H38O6/c1-9-22(6)12-10-16-23(7)13-11-17(28-14(2)25)21(4,5)19(23)18(29-15(3)26)20(27)24(16,8)30-22/h9,16-20,27H,1,10-13H2,2-8H3/t16-,17+,18-,19-,20+,22+,23-,24+/m1/s1. The zero-order valence-corrected chi connectivity index (χ0v) is 19.5. The fourth-order valence-electron chi connectivity index (χ4n) is 7.19. The van der Waals surface area contributed by atoms with Crippen LogP contribution in [0.3, 0.4) is 0 Å². The second-order valence-corrected chi connectivity index (χ2v) is 10.9. The number of rotatable bonds is 3. The predicted molar refractivity (Wildman–Crippen MR) is 113 cm³/mol. The molecule has 0 bridgehead atoms. The van der Waals surface area contributed by atoms with Crippen LogP contribution in [0.4, 0.5) is 0 Å². The molecule has 1 heterocycles. The molecule has 170 valence electrons. The van der Waals surface area contributed by atoms with Gasteiger partial charge in [0.25, 0.3) is 0 Å². The Bertz CT molecular complexity index is 731. The molecule has 0 amide bonds. The minimum Gasteiger partial charge on any atom is -0.462 e. The van der Waals surface area contributed by atoms with Gasteiger partial charge in [-0.2, -0.15) is 0 Å². The summed E-state index contributed by atoms with van der Waals surface area (Å²) < 4.78 is 18.1. The highest BCUT2D eigenvalue weighted by Crippen LogP contribution is 2.66.